The predicted octanol–water partition coefficient (Wildman–Crippen LogP) is 2.21. The molecule has 0 saturated heterocycles. The Morgan fingerprint density at radius 1 is 0.926 bits per heavy atom. The van der Waals surface area contributed by atoms with Gasteiger partial charge in [-0.3, -0.25) is 9.36 Å². The fourth-order valence-electron chi connectivity index (χ4n) is 2.67. The first kappa shape index (κ1) is 18.1. The van der Waals surface area contributed by atoms with Crippen LogP contribution in [-0.2, 0) is 7.05 Å². The number of ether oxygens (including phenoxy) is 2. The second-order valence-electron chi connectivity index (χ2n) is 5.80. The molecule has 3 aromatic rings. The molecule has 2 N–H and O–H groups in total. The number of nitrogens with zero attached hydrogens (tertiary/aromatic N) is 2. The van der Waals surface area contributed by atoms with Crippen molar-refractivity contribution in [3.8, 4) is 22.6 Å². The highest BCUT2D eigenvalue weighted by Gasteiger charge is 2.09. The normalized spacial score (nSPS) is 10.5. The van der Waals surface area contributed by atoms with Crippen LogP contribution in [0.3, 0.4) is 0 Å². The van der Waals surface area contributed by atoms with Crippen LogP contribution < -0.4 is 26.0 Å². The molecule has 0 saturated carbocycles. The molecule has 8 heteroatoms. The molecule has 8 nitrogen and oxygen atoms in total. The number of aromatic nitrogens is 2. The van der Waals surface area contributed by atoms with E-state index in [9.17, 15) is 14.8 Å². The number of hydrogen-bond acceptors (Lipinski definition) is 6. The van der Waals surface area contributed by atoms with E-state index in [1.807, 2.05) is 36.4 Å². The summed E-state index contributed by atoms with van der Waals surface area (Å²) in [5, 5.41) is 12.4. The summed E-state index contributed by atoms with van der Waals surface area (Å²) in [6.07, 6.45) is 0. The minimum atomic E-state index is -0.832. The number of rotatable bonds is 5. The molecule has 0 fully saturated rings. The molecule has 0 aliphatic heterocycles. The highest BCUT2D eigenvalue weighted by Crippen LogP contribution is 2.33. The Morgan fingerprint density at radius 2 is 1.63 bits per heavy atom. The molecule has 3 rings (SSSR count). The maximum Gasteiger partial charge on any atom is 0.365 e. The summed E-state index contributed by atoms with van der Waals surface area (Å²) in [6, 6.07) is 14.2. The summed E-state index contributed by atoms with van der Waals surface area (Å²) in [7, 11) is 4.60. The van der Waals surface area contributed by atoms with Gasteiger partial charge in [0.15, 0.2) is 11.5 Å². The predicted molar refractivity (Wildman–Crippen MR) is 101 cm³/mol. The van der Waals surface area contributed by atoms with Crippen molar-refractivity contribution in [3.63, 3.8) is 0 Å². The van der Waals surface area contributed by atoms with E-state index in [-0.39, 0.29) is 10.5 Å². The van der Waals surface area contributed by atoms with Gasteiger partial charge in [0.2, 0.25) is 0 Å². The Kier molecular flexibility index (Phi) is 4.89. The van der Waals surface area contributed by atoms with Crippen LogP contribution in [0.2, 0.25) is 0 Å². The molecule has 0 atom stereocenters. The van der Waals surface area contributed by atoms with Gasteiger partial charge in [-0.25, -0.2) is 4.79 Å². The average molecular weight is 369 g/mol. The van der Waals surface area contributed by atoms with Crippen molar-refractivity contribution in [2.24, 2.45) is 7.05 Å². The van der Waals surface area contributed by atoms with Gasteiger partial charge in [-0.15, -0.1) is 0 Å². The first-order chi connectivity index (χ1) is 12.9. The minimum absolute atomic E-state index is 0.0607. The largest absolute Gasteiger partial charge is 0.493 e. The lowest BCUT2D eigenvalue weighted by molar-refractivity contribution is 0.156. The lowest BCUT2D eigenvalue weighted by Crippen LogP contribution is -2.37. The van der Waals surface area contributed by atoms with Crippen LogP contribution in [0.1, 0.15) is 0 Å². The molecule has 1 heterocycles. The summed E-state index contributed by atoms with van der Waals surface area (Å²) in [5.74, 6) is 1.51. The Bertz CT molecular complexity index is 1100. The van der Waals surface area contributed by atoms with Gasteiger partial charge < -0.3 is 20.0 Å². The smallest absolute Gasteiger partial charge is 0.365 e. The molecule has 1 aromatic heterocycles. The molecule has 0 radical (unpaired) electrons. The van der Waals surface area contributed by atoms with E-state index in [2.05, 4.69) is 5.32 Å². The van der Waals surface area contributed by atoms with Crippen molar-refractivity contribution < 1.29 is 14.7 Å². The van der Waals surface area contributed by atoms with Crippen molar-refractivity contribution >= 4 is 11.5 Å². The second kappa shape index (κ2) is 7.28. The molecular weight excluding hydrogens is 350 g/mol. The molecule has 0 bridgehead atoms. The maximum absolute atomic E-state index is 11.8. The fraction of sp³-hybridized carbons (Fsp3) is 0.158. The van der Waals surface area contributed by atoms with E-state index >= 15 is 0 Å². The number of methoxy groups -OCH3 is 2. The van der Waals surface area contributed by atoms with Crippen molar-refractivity contribution in [2.75, 3.05) is 19.5 Å². The van der Waals surface area contributed by atoms with Crippen LogP contribution in [0.4, 0.5) is 11.5 Å². The van der Waals surface area contributed by atoms with E-state index < -0.39 is 11.2 Å². The standard InChI is InChI=1S/C19H19N3O5/c1-21-17(11-18(23)22(25)19(21)24)20-14-6-4-5-12(9-14)13-7-8-15(26-2)16(10-13)27-3/h4-11,20,25H,1-3H3. The third-order valence-corrected chi connectivity index (χ3v) is 4.15. The zero-order valence-electron chi connectivity index (χ0n) is 15.1. The summed E-state index contributed by atoms with van der Waals surface area (Å²) < 4.78 is 11.8. The number of hydrogen-bond donors (Lipinski definition) is 2. The Balaban J connectivity index is 1.98. The van der Waals surface area contributed by atoms with Crippen molar-refractivity contribution in [1.82, 2.24) is 9.30 Å². The van der Waals surface area contributed by atoms with Gasteiger partial charge in [0, 0.05) is 18.8 Å². The number of anilines is 2. The Morgan fingerprint density at radius 3 is 2.33 bits per heavy atom. The molecule has 27 heavy (non-hydrogen) atoms. The van der Waals surface area contributed by atoms with Gasteiger partial charge in [0.1, 0.15) is 5.82 Å². The van der Waals surface area contributed by atoms with Crippen LogP contribution in [0.25, 0.3) is 11.1 Å². The highest BCUT2D eigenvalue weighted by molar-refractivity contribution is 5.72. The van der Waals surface area contributed by atoms with Gasteiger partial charge in [-0.2, -0.15) is 0 Å². The highest BCUT2D eigenvalue weighted by atomic mass is 16.5. The minimum Gasteiger partial charge on any atom is -0.493 e. The maximum atomic E-state index is 11.8. The molecule has 0 spiro atoms. The zero-order valence-corrected chi connectivity index (χ0v) is 15.1. The van der Waals surface area contributed by atoms with Crippen LogP contribution >= 0.6 is 0 Å². The van der Waals surface area contributed by atoms with Gasteiger partial charge in [-0.05, 0) is 35.4 Å². The summed E-state index contributed by atoms with van der Waals surface area (Å²) in [5.41, 5.74) is 0.850. The van der Waals surface area contributed by atoms with E-state index in [0.29, 0.717) is 17.2 Å². The average Bonchev–Trinajstić information content (AvgIpc) is 2.70. The third-order valence-electron chi connectivity index (χ3n) is 4.15. The molecular formula is C19H19N3O5. The lowest BCUT2D eigenvalue weighted by atomic mass is 10.0. The van der Waals surface area contributed by atoms with Gasteiger partial charge >= 0.3 is 5.69 Å². The summed E-state index contributed by atoms with van der Waals surface area (Å²) >= 11 is 0. The van der Waals surface area contributed by atoms with Crippen molar-refractivity contribution in [3.05, 3.63) is 69.4 Å². The molecule has 0 amide bonds. The third kappa shape index (κ3) is 3.50. The molecule has 0 unspecified atom stereocenters. The quantitative estimate of drug-likeness (QED) is 0.670. The Hall–Kier alpha value is -3.68. The van der Waals surface area contributed by atoms with Crippen LogP contribution in [0, 0.1) is 0 Å². The summed E-state index contributed by atoms with van der Waals surface area (Å²) in [4.78, 5) is 23.5. The van der Waals surface area contributed by atoms with Crippen LogP contribution in [-0.4, -0.2) is 28.7 Å². The van der Waals surface area contributed by atoms with E-state index in [1.165, 1.54) is 7.05 Å². The first-order valence-electron chi connectivity index (χ1n) is 8.06. The molecule has 140 valence electrons. The monoisotopic (exact) mass is 369 g/mol. The molecule has 0 aliphatic carbocycles. The molecule has 2 aromatic carbocycles. The summed E-state index contributed by atoms with van der Waals surface area (Å²) in [6.45, 7) is 0. The van der Waals surface area contributed by atoms with E-state index in [1.54, 1.807) is 20.3 Å². The van der Waals surface area contributed by atoms with E-state index in [4.69, 9.17) is 9.47 Å². The van der Waals surface area contributed by atoms with Crippen LogP contribution in [0.15, 0.2) is 58.1 Å². The Labute approximate surface area is 154 Å². The SMILES string of the molecule is COc1ccc(-c2cccc(Nc3cc(=O)n(O)c(=O)n3C)c2)cc1OC. The lowest BCUT2D eigenvalue weighted by Gasteiger charge is -2.13. The van der Waals surface area contributed by atoms with Gasteiger partial charge in [0.25, 0.3) is 5.56 Å². The van der Waals surface area contributed by atoms with Gasteiger partial charge in [-0.1, -0.05) is 22.9 Å². The fourth-order valence-corrected chi connectivity index (χ4v) is 2.67. The van der Waals surface area contributed by atoms with Crippen molar-refractivity contribution in [2.45, 2.75) is 0 Å². The topological polar surface area (TPSA) is 94.7 Å². The van der Waals surface area contributed by atoms with Crippen LogP contribution in [0.5, 0.6) is 11.5 Å². The number of benzene rings is 2. The second-order valence-corrected chi connectivity index (χ2v) is 5.80. The van der Waals surface area contributed by atoms with E-state index in [0.717, 1.165) is 21.8 Å². The molecule has 0 aliphatic rings. The zero-order chi connectivity index (χ0) is 19.6. The van der Waals surface area contributed by atoms with Crippen molar-refractivity contribution in [1.29, 1.82) is 0 Å². The number of nitrogens with one attached hydrogen (secondary N) is 1. The first-order valence-corrected chi connectivity index (χ1v) is 8.06. The van der Waals surface area contributed by atoms with Gasteiger partial charge in [0.05, 0.1) is 14.2 Å².